The van der Waals surface area contributed by atoms with E-state index in [2.05, 4.69) is 5.32 Å². The van der Waals surface area contributed by atoms with Crippen LogP contribution in [0, 0.1) is 0 Å². The molecule has 0 bridgehead atoms. The predicted molar refractivity (Wildman–Crippen MR) is 58.5 cm³/mol. The summed E-state index contributed by atoms with van der Waals surface area (Å²) in [6, 6.07) is 4.27. The molecule has 0 aliphatic heterocycles. The van der Waals surface area contributed by atoms with Gasteiger partial charge >= 0.3 is 11.9 Å². The molecule has 7 nitrogen and oxygen atoms in total. The van der Waals surface area contributed by atoms with E-state index in [0.29, 0.717) is 0 Å². The number of carbonyl (C=O) groups is 3. The molecule has 5 N–H and O–H groups in total. The number of rotatable bonds is 5. The minimum atomic E-state index is -1.86. The molecule has 90 valence electrons. The second kappa shape index (κ2) is 4.97. The summed E-state index contributed by atoms with van der Waals surface area (Å²) >= 11 is 0. The van der Waals surface area contributed by atoms with E-state index in [1.165, 1.54) is 12.1 Å². The number of anilines is 2. The van der Waals surface area contributed by atoms with Crippen molar-refractivity contribution in [1.29, 1.82) is 0 Å². The van der Waals surface area contributed by atoms with Gasteiger partial charge in [-0.2, -0.15) is 0 Å². The van der Waals surface area contributed by atoms with Crippen LogP contribution in [0.3, 0.4) is 0 Å². The van der Waals surface area contributed by atoms with Gasteiger partial charge in [0.25, 0.3) is 5.78 Å². The summed E-state index contributed by atoms with van der Waals surface area (Å²) in [6.45, 7) is 0. The van der Waals surface area contributed by atoms with Crippen LogP contribution < -0.4 is 11.1 Å². The van der Waals surface area contributed by atoms with Crippen molar-refractivity contribution < 1.29 is 24.6 Å². The first kappa shape index (κ1) is 12.5. The first-order valence-electron chi connectivity index (χ1n) is 4.54. The number of para-hydroxylation sites is 2. The van der Waals surface area contributed by atoms with Crippen LogP contribution in [0.25, 0.3) is 0 Å². The summed E-state index contributed by atoms with van der Waals surface area (Å²) in [6.07, 6.45) is 0. The Hall–Kier alpha value is -2.57. The molecule has 0 spiro atoms. The Bertz CT molecular complexity index is 472. The molecular formula is C10H10N2O5. The highest BCUT2D eigenvalue weighted by Gasteiger charge is 2.31. The number of hydrogen-bond donors (Lipinski definition) is 4. The number of nitrogen functional groups attached to an aromatic ring is 1. The van der Waals surface area contributed by atoms with E-state index in [0.717, 1.165) is 0 Å². The molecule has 0 aliphatic carbocycles. The second-order valence-corrected chi connectivity index (χ2v) is 3.17. The molecule has 1 rings (SSSR count). The topological polar surface area (TPSA) is 130 Å². The van der Waals surface area contributed by atoms with Crippen LogP contribution in [-0.2, 0) is 14.4 Å². The number of carboxylic acid groups (broad SMARTS) is 2. The highest BCUT2D eigenvalue weighted by atomic mass is 16.4. The van der Waals surface area contributed by atoms with Gasteiger partial charge in [0.15, 0.2) is 6.04 Å². The molecule has 0 fully saturated rings. The largest absolute Gasteiger partial charge is 0.479 e. The van der Waals surface area contributed by atoms with Gasteiger partial charge in [0.05, 0.1) is 11.4 Å². The number of Topliss-reactive ketones (excluding diaryl/α,β-unsaturated/α-hetero) is 1. The van der Waals surface area contributed by atoms with Gasteiger partial charge in [-0.1, -0.05) is 12.1 Å². The van der Waals surface area contributed by atoms with Crippen LogP contribution in [0.15, 0.2) is 24.3 Å². The Balaban J connectivity index is 2.96. The van der Waals surface area contributed by atoms with E-state index in [4.69, 9.17) is 15.9 Å². The van der Waals surface area contributed by atoms with E-state index in [-0.39, 0.29) is 11.4 Å². The number of benzene rings is 1. The van der Waals surface area contributed by atoms with Crippen LogP contribution in [-0.4, -0.2) is 34.0 Å². The molecule has 1 unspecified atom stereocenters. The normalized spacial score (nSPS) is 11.5. The minimum Gasteiger partial charge on any atom is -0.479 e. The third-order valence-electron chi connectivity index (χ3n) is 1.98. The van der Waals surface area contributed by atoms with Crippen molar-refractivity contribution in [2.24, 2.45) is 0 Å². The van der Waals surface area contributed by atoms with Crippen molar-refractivity contribution >= 4 is 29.1 Å². The number of hydrogen-bond acceptors (Lipinski definition) is 5. The summed E-state index contributed by atoms with van der Waals surface area (Å²) in [5.74, 6) is -4.86. The van der Waals surface area contributed by atoms with Crippen molar-refractivity contribution in [2.75, 3.05) is 11.1 Å². The van der Waals surface area contributed by atoms with Gasteiger partial charge in [0.1, 0.15) is 0 Å². The standard InChI is InChI=1S/C10H10N2O5/c11-5-3-1-2-4-6(5)12-7(9(14)15)8(13)10(16)17/h1-4,7,12H,11H2,(H,14,15)(H,16,17). The van der Waals surface area contributed by atoms with E-state index >= 15 is 0 Å². The smallest absolute Gasteiger partial charge is 0.375 e. The highest BCUT2D eigenvalue weighted by molar-refractivity contribution is 6.39. The average Bonchev–Trinajstić information content (AvgIpc) is 2.26. The van der Waals surface area contributed by atoms with Gasteiger partial charge in [-0.15, -0.1) is 0 Å². The van der Waals surface area contributed by atoms with E-state index < -0.39 is 23.8 Å². The highest BCUT2D eigenvalue weighted by Crippen LogP contribution is 2.18. The number of aliphatic carboxylic acids is 2. The molecule has 1 aromatic rings. The molecule has 0 aliphatic rings. The molecule has 0 saturated carbocycles. The summed E-state index contributed by atoms with van der Waals surface area (Å²) < 4.78 is 0. The van der Waals surface area contributed by atoms with Crippen molar-refractivity contribution in [3.05, 3.63) is 24.3 Å². The zero-order valence-corrected chi connectivity index (χ0v) is 8.58. The molecule has 17 heavy (non-hydrogen) atoms. The fourth-order valence-electron chi connectivity index (χ4n) is 1.15. The number of ketones is 1. The fourth-order valence-corrected chi connectivity index (χ4v) is 1.15. The molecule has 0 amide bonds. The second-order valence-electron chi connectivity index (χ2n) is 3.17. The third-order valence-corrected chi connectivity index (χ3v) is 1.98. The maximum atomic E-state index is 11.1. The zero-order chi connectivity index (χ0) is 13.0. The van der Waals surface area contributed by atoms with Crippen molar-refractivity contribution in [2.45, 2.75) is 6.04 Å². The molecule has 7 heteroatoms. The van der Waals surface area contributed by atoms with Crippen molar-refractivity contribution in [1.82, 2.24) is 0 Å². The first-order chi connectivity index (χ1) is 7.93. The Kier molecular flexibility index (Phi) is 3.66. The van der Waals surface area contributed by atoms with E-state index in [1.54, 1.807) is 12.1 Å². The number of nitrogens with one attached hydrogen (secondary N) is 1. The average molecular weight is 238 g/mol. The lowest BCUT2D eigenvalue weighted by Gasteiger charge is -2.13. The van der Waals surface area contributed by atoms with E-state index in [1.807, 2.05) is 0 Å². The van der Waals surface area contributed by atoms with Crippen LogP contribution in [0.4, 0.5) is 11.4 Å². The monoisotopic (exact) mass is 238 g/mol. The van der Waals surface area contributed by atoms with Gasteiger partial charge in [0.2, 0.25) is 0 Å². The van der Waals surface area contributed by atoms with Crippen LogP contribution >= 0.6 is 0 Å². The summed E-state index contributed by atoms with van der Waals surface area (Å²) in [5, 5.41) is 19.5. The van der Waals surface area contributed by atoms with Crippen LogP contribution in [0.2, 0.25) is 0 Å². The van der Waals surface area contributed by atoms with Crippen molar-refractivity contribution in [3.8, 4) is 0 Å². The Morgan fingerprint density at radius 2 is 1.76 bits per heavy atom. The maximum absolute atomic E-state index is 11.1. The fraction of sp³-hybridized carbons (Fsp3) is 0.100. The summed E-state index contributed by atoms with van der Waals surface area (Å²) in [7, 11) is 0. The summed E-state index contributed by atoms with van der Waals surface area (Å²) in [5.41, 5.74) is 5.94. The zero-order valence-electron chi connectivity index (χ0n) is 8.58. The summed E-state index contributed by atoms with van der Waals surface area (Å²) in [4.78, 5) is 32.3. The minimum absolute atomic E-state index is 0.189. The number of carbonyl (C=O) groups excluding carboxylic acids is 1. The quantitative estimate of drug-likeness (QED) is 0.317. The van der Waals surface area contributed by atoms with Gasteiger partial charge in [-0.3, -0.25) is 4.79 Å². The lowest BCUT2D eigenvalue weighted by Crippen LogP contribution is -2.41. The van der Waals surface area contributed by atoms with Gasteiger partial charge in [0, 0.05) is 0 Å². The molecular weight excluding hydrogens is 228 g/mol. The molecule has 0 aromatic heterocycles. The maximum Gasteiger partial charge on any atom is 0.375 e. The van der Waals surface area contributed by atoms with Gasteiger partial charge < -0.3 is 21.3 Å². The Morgan fingerprint density at radius 1 is 1.18 bits per heavy atom. The predicted octanol–water partition coefficient (Wildman–Crippen LogP) is -0.212. The van der Waals surface area contributed by atoms with Gasteiger partial charge in [-0.25, -0.2) is 9.59 Å². The van der Waals surface area contributed by atoms with Crippen LogP contribution in [0.5, 0.6) is 0 Å². The Morgan fingerprint density at radius 3 is 2.24 bits per heavy atom. The Labute approximate surface area is 95.9 Å². The number of nitrogens with two attached hydrogens (primary N) is 1. The third kappa shape index (κ3) is 2.94. The van der Waals surface area contributed by atoms with Gasteiger partial charge in [-0.05, 0) is 12.1 Å². The SMILES string of the molecule is Nc1ccccc1NC(C(=O)O)C(=O)C(=O)O. The molecule has 0 radical (unpaired) electrons. The number of carboxylic acids is 2. The molecule has 0 heterocycles. The molecule has 1 aromatic carbocycles. The molecule has 1 atom stereocenters. The first-order valence-corrected chi connectivity index (χ1v) is 4.54. The lowest BCUT2D eigenvalue weighted by molar-refractivity contribution is -0.153. The van der Waals surface area contributed by atoms with E-state index in [9.17, 15) is 14.4 Å². The van der Waals surface area contributed by atoms with Crippen molar-refractivity contribution in [3.63, 3.8) is 0 Å². The van der Waals surface area contributed by atoms with Crippen LogP contribution in [0.1, 0.15) is 0 Å². The molecule has 0 saturated heterocycles. The lowest BCUT2D eigenvalue weighted by atomic mass is 10.1.